The van der Waals surface area contributed by atoms with Crippen molar-refractivity contribution in [1.82, 2.24) is 9.55 Å². The van der Waals surface area contributed by atoms with Crippen LogP contribution in [0.15, 0.2) is 158 Å². The van der Waals surface area contributed by atoms with E-state index in [1.807, 2.05) is 12.3 Å². The molecule has 1 aliphatic heterocycles. The van der Waals surface area contributed by atoms with Crippen molar-refractivity contribution in [3.05, 3.63) is 169 Å². The van der Waals surface area contributed by atoms with E-state index in [1.54, 1.807) is 0 Å². The summed E-state index contributed by atoms with van der Waals surface area (Å²) in [6, 6.07) is 54.3. The van der Waals surface area contributed by atoms with Gasteiger partial charge in [-0.1, -0.05) is 134 Å². The Morgan fingerprint density at radius 3 is 1.97 bits per heavy atom. The van der Waals surface area contributed by atoms with Crippen LogP contribution in [0.4, 0.5) is 22.7 Å². The van der Waals surface area contributed by atoms with Crippen LogP contribution in [0.1, 0.15) is 66.5 Å². The summed E-state index contributed by atoms with van der Waals surface area (Å²) in [6.07, 6.45) is 1.92. The van der Waals surface area contributed by atoms with Crippen molar-refractivity contribution in [2.45, 2.75) is 66.2 Å². The molecule has 0 aliphatic carbocycles. The zero-order valence-electron chi connectivity index (χ0n) is 34.9. The lowest BCUT2D eigenvalue weighted by Gasteiger charge is -2.40. The van der Waals surface area contributed by atoms with Crippen molar-refractivity contribution < 1.29 is 4.74 Å². The van der Waals surface area contributed by atoms with E-state index in [9.17, 15) is 0 Å². The minimum atomic E-state index is -0.0497. The average molecular weight is 761 g/mol. The van der Waals surface area contributed by atoms with Crippen molar-refractivity contribution in [3.63, 3.8) is 0 Å². The van der Waals surface area contributed by atoms with Gasteiger partial charge < -0.3 is 14.5 Å². The van der Waals surface area contributed by atoms with Crippen LogP contribution in [0.2, 0.25) is 0 Å². The van der Waals surface area contributed by atoms with Crippen molar-refractivity contribution in [3.8, 4) is 28.4 Å². The highest BCUT2D eigenvalue weighted by Crippen LogP contribution is 2.50. The van der Waals surface area contributed by atoms with Crippen LogP contribution in [0.3, 0.4) is 0 Å². The van der Waals surface area contributed by atoms with Gasteiger partial charge in [-0.2, -0.15) is 0 Å². The third-order valence-corrected chi connectivity index (χ3v) is 12.6. The fourth-order valence-corrected chi connectivity index (χ4v) is 8.20. The lowest BCUT2D eigenvalue weighted by atomic mass is 9.65. The quantitative estimate of drug-likeness (QED) is 0.162. The molecular formula is C53H52N4O. The van der Waals surface area contributed by atoms with Gasteiger partial charge in [-0.15, -0.1) is 0 Å². The molecule has 0 saturated heterocycles. The zero-order valence-corrected chi connectivity index (χ0v) is 34.9. The summed E-state index contributed by atoms with van der Waals surface area (Å²) in [5, 5.41) is 2.35. The maximum Gasteiger partial charge on any atom is 0.137 e. The second-order valence-corrected chi connectivity index (χ2v) is 18.2. The first-order valence-corrected chi connectivity index (χ1v) is 20.4. The number of hydrogen-bond donors (Lipinski definition) is 0. The molecule has 290 valence electrons. The monoisotopic (exact) mass is 760 g/mol. The Morgan fingerprint density at radius 2 is 1.21 bits per heavy atom. The van der Waals surface area contributed by atoms with Crippen LogP contribution in [0.25, 0.3) is 38.8 Å². The Morgan fingerprint density at radius 1 is 0.517 bits per heavy atom. The summed E-state index contributed by atoms with van der Waals surface area (Å²) >= 11 is 0. The number of hydrogen-bond acceptors (Lipinski definition) is 4. The molecule has 3 heterocycles. The Balaban J connectivity index is 1.09. The van der Waals surface area contributed by atoms with Gasteiger partial charge in [0.25, 0.3) is 0 Å². The molecule has 0 saturated carbocycles. The molecule has 0 atom stereocenters. The standard InChI is InChI=1S/C53H52N4O/c1-51(2,3)37-29-30-54-50(32-37)57-45-22-13-12-21-43(45)44-28-26-41(34-49(44)57)58-40-20-16-19-39(33-40)55-35-56(47-24-15-14-23-46(47)55)48-31-38(53(7,8)52(4,5)6)25-27-42(48)36-17-10-9-11-18-36/h9-34H,35H2,1-8H3. The Labute approximate surface area is 343 Å². The normalized spacial score (nSPS) is 13.4. The minimum absolute atomic E-state index is 0.0000177. The number of rotatable bonds is 7. The molecule has 0 unspecified atom stereocenters. The molecule has 58 heavy (non-hydrogen) atoms. The van der Waals surface area contributed by atoms with Crippen LogP contribution in [0, 0.1) is 5.41 Å². The van der Waals surface area contributed by atoms with E-state index in [0.717, 1.165) is 39.7 Å². The summed E-state index contributed by atoms with van der Waals surface area (Å²) < 4.78 is 9.00. The van der Waals surface area contributed by atoms with E-state index < -0.39 is 0 Å². The minimum Gasteiger partial charge on any atom is -0.457 e. The largest absolute Gasteiger partial charge is 0.457 e. The van der Waals surface area contributed by atoms with Crippen molar-refractivity contribution >= 4 is 44.6 Å². The van der Waals surface area contributed by atoms with Gasteiger partial charge in [0.05, 0.1) is 28.1 Å². The van der Waals surface area contributed by atoms with E-state index in [1.165, 1.54) is 44.4 Å². The van der Waals surface area contributed by atoms with Crippen LogP contribution in [0.5, 0.6) is 11.5 Å². The summed E-state index contributed by atoms with van der Waals surface area (Å²) in [6.45, 7) is 19.1. The molecule has 2 aromatic heterocycles. The van der Waals surface area contributed by atoms with E-state index in [0.29, 0.717) is 6.67 Å². The Hall–Kier alpha value is -6.33. The molecule has 6 aromatic carbocycles. The number of nitrogens with zero attached hydrogens (tertiary/aromatic N) is 4. The molecule has 0 radical (unpaired) electrons. The van der Waals surface area contributed by atoms with Gasteiger partial charge >= 0.3 is 0 Å². The van der Waals surface area contributed by atoms with Gasteiger partial charge in [0.2, 0.25) is 0 Å². The van der Waals surface area contributed by atoms with Crippen LogP contribution in [-0.4, -0.2) is 16.2 Å². The van der Waals surface area contributed by atoms with E-state index in [-0.39, 0.29) is 16.2 Å². The number of aromatic nitrogens is 2. The fraction of sp³-hybridized carbons (Fsp3) is 0.226. The van der Waals surface area contributed by atoms with Gasteiger partial charge in [-0.05, 0) is 93.6 Å². The predicted molar refractivity (Wildman–Crippen MR) is 244 cm³/mol. The summed E-state index contributed by atoms with van der Waals surface area (Å²) in [5.74, 6) is 2.45. The van der Waals surface area contributed by atoms with Gasteiger partial charge in [0.15, 0.2) is 0 Å². The van der Waals surface area contributed by atoms with Crippen molar-refractivity contribution in [1.29, 1.82) is 0 Å². The molecule has 9 rings (SSSR count). The predicted octanol–water partition coefficient (Wildman–Crippen LogP) is 14.5. The molecule has 1 aliphatic rings. The van der Waals surface area contributed by atoms with Gasteiger partial charge in [-0.3, -0.25) is 4.57 Å². The highest BCUT2D eigenvalue weighted by Gasteiger charge is 2.36. The molecule has 5 nitrogen and oxygen atoms in total. The molecule has 0 fully saturated rings. The smallest absolute Gasteiger partial charge is 0.137 e. The third kappa shape index (κ3) is 6.49. The lowest BCUT2D eigenvalue weighted by molar-refractivity contribution is 0.225. The molecule has 0 bridgehead atoms. The van der Waals surface area contributed by atoms with E-state index >= 15 is 0 Å². The maximum atomic E-state index is 6.74. The number of fused-ring (bicyclic) bond motifs is 4. The topological polar surface area (TPSA) is 33.5 Å². The Kier molecular flexibility index (Phi) is 8.96. The molecule has 0 N–H and O–H groups in total. The molecule has 5 heteroatoms. The third-order valence-electron chi connectivity index (χ3n) is 12.6. The number of anilines is 4. The molecule has 0 amide bonds. The average Bonchev–Trinajstić information content (AvgIpc) is 3.76. The summed E-state index contributed by atoms with van der Waals surface area (Å²) in [5.41, 5.74) is 11.8. The summed E-state index contributed by atoms with van der Waals surface area (Å²) in [4.78, 5) is 9.75. The summed E-state index contributed by atoms with van der Waals surface area (Å²) in [7, 11) is 0. The first-order valence-electron chi connectivity index (χ1n) is 20.4. The number of benzene rings is 6. The van der Waals surface area contributed by atoms with Crippen LogP contribution >= 0.6 is 0 Å². The van der Waals surface area contributed by atoms with Gasteiger partial charge in [0, 0.05) is 40.4 Å². The number of para-hydroxylation sites is 3. The SMILES string of the molecule is CC(C)(C)c1ccnc(-n2c3ccccc3c3ccc(Oc4cccc(N5CN(c6cc(C(C)(C)C(C)(C)C)ccc6-c6ccccc6)c6ccccc65)c4)cc32)c1. The lowest BCUT2D eigenvalue weighted by Crippen LogP contribution is -2.34. The van der Waals surface area contributed by atoms with E-state index in [2.05, 4.69) is 215 Å². The zero-order chi connectivity index (χ0) is 40.4. The first kappa shape index (κ1) is 37.3. The second kappa shape index (κ2) is 13.9. The first-order chi connectivity index (χ1) is 27.8. The van der Waals surface area contributed by atoms with Crippen molar-refractivity contribution in [2.75, 3.05) is 16.5 Å². The van der Waals surface area contributed by atoms with Gasteiger partial charge in [-0.25, -0.2) is 4.98 Å². The molecule has 0 spiro atoms. The van der Waals surface area contributed by atoms with E-state index in [4.69, 9.17) is 9.72 Å². The van der Waals surface area contributed by atoms with Crippen LogP contribution < -0.4 is 14.5 Å². The number of ether oxygens (including phenoxy) is 1. The highest BCUT2D eigenvalue weighted by molar-refractivity contribution is 6.09. The van der Waals surface area contributed by atoms with Crippen LogP contribution in [-0.2, 0) is 10.8 Å². The number of pyridine rings is 1. The highest BCUT2D eigenvalue weighted by atomic mass is 16.5. The molecular weight excluding hydrogens is 709 g/mol. The maximum absolute atomic E-state index is 6.74. The van der Waals surface area contributed by atoms with Gasteiger partial charge in [0.1, 0.15) is 24.0 Å². The van der Waals surface area contributed by atoms with Crippen molar-refractivity contribution in [2.24, 2.45) is 5.41 Å². The second-order valence-electron chi connectivity index (χ2n) is 18.2. The Bertz CT molecular complexity index is 2800. The molecule has 8 aromatic rings. The fourth-order valence-electron chi connectivity index (χ4n) is 8.20.